The summed E-state index contributed by atoms with van der Waals surface area (Å²) in [7, 11) is -2.68. The number of carbonyl (C=O) groups excluding carboxylic acids is 1. The number of H-pyrrole nitrogens is 1. The van der Waals surface area contributed by atoms with E-state index in [0.717, 1.165) is 22.7 Å². The number of hydrogen-bond acceptors (Lipinski definition) is 6. The van der Waals surface area contributed by atoms with E-state index in [1.54, 1.807) is 4.90 Å². The number of nitro groups is 1. The molecule has 4 rings (SSSR count). The Hall–Kier alpha value is -3.44. The third kappa shape index (κ3) is 3.69. The number of aryl methyl sites for hydroxylation is 1. The average Bonchev–Trinajstić information content (AvgIpc) is 3.13. The third-order valence-electron chi connectivity index (χ3n) is 5.62. The van der Waals surface area contributed by atoms with Crippen LogP contribution in [0.15, 0.2) is 47.4 Å². The molecule has 3 aromatic rings. The number of carbonyl (C=O) groups is 1. The Labute approximate surface area is 184 Å². The lowest BCUT2D eigenvalue weighted by Crippen LogP contribution is -2.50. The Balaban J connectivity index is 1.53. The Kier molecular flexibility index (Phi) is 5.61. The maximum absolute atomic E-state index is 13.2. The Bertz CT molecular complexity index is 1310. The number of benzene rings is 2. The Morgan fingerprint density at radius 3 is 2.47 bits per heavy atom. The number of para-hydroxylation sites is 1. The topological polar surface area (TPSA) is 126 Å². The van der Waals surface area contributed by atoms with Gasteiger partial charge in [0.2, 0.25) is 10.0 Å². The molecule has 1 aliphatic heterocycles. The number of aromatic nitrogens is 1. The molecule has 0 aliphatic carbocycles. The summed E-state index contributed by atoms with van der Waals surface area (Å²) in [5.74, 6) is -0.171. The van der Waals surface area contributed by atoms with Crippen LogP contribution in [0.4, 0.5) is 5.69 Å². The molecule has 10 nitrogen and oxygen atoms in total. The summed E-state index contributed by atoms with van der Waals surface area (Å²) in [4.78, 5) is 28.4. The van der Waals surface area contributed by atoms with E-state index in [1.807, 2.05) is 31.2 Å². The molecule has 0 bridgehead atoms. The molecule has 1 aromatic heterocycles. The summed E-state index contributed by atoms with van der Waals surface area (Å²) in [5, 5.41) is 12.1. The highest BCUT2D eigenvalue weighted by atomic mass is 32.2. The zero-order chi connectivity index (χ0) is 23.0. The van der Waals surface area contributed by atoms with E-state index in [9.17, 15) is 23.3 Å². The molecule has 1 amide bonds. The SMILES string of the molecule is COc1ccc(S(=O)(=O)N2CCN(C(=O)c3c(C)[nH]c4ccccc34)CC2)cc1[N+](=O)[O-]. The second-order valence-corrected chi connectivity index (χ2v) is 9.40. The van der Waals surface area contributed by atoms with Crippen LogP contribution in [0.1, 0.15) is 16.1 Å². The lowest BCUT2D eigenvalue weighted by Gasteiger charge is -2.34. The molecule has 1 N–H and O–H groups in total. The number of ether oxygens (including phenoxy) is 1. The first-order valence-electron chi connectivity index (χ1n) is 9.93. The molecule has 11 heteroatoms. The molecular weight excluding hydrogens is 436 g/mol. The first-order valence-corrected chi connectivity index (χ1v) is 11.4. The second-order valence-electron chi connectivity index (χ2n) is 7.46. The van der Waals surface area contributed by atoms with Crippen molar-refractivity contribution in [3.63, 3.8) is 0 Å². The van der Waals surface area contributed by atoms with Crippen LogP contribution in [-0.2, 0) is 10.0 Å². The van der Waals surface area contributed by atoms with Crippen LogP contribution >= 0.6 is 0 Å². The number of fused-ring (bicyclic) bond motifs is 1. The smallest absolute Gasteiger partial charge is 0.312 e. The van der Waals surface area contributed by atoms with Crippen LogP contribution < -0.4 is 4.74 Å². The molecule has 0 saturated carbocycles. The van der Waals surface area contributed by atoms with Crippen molar-refractivity contribution in [3.8, 4) is 5.75 Å². The predicted molar refractivity (Wildman–Crippen MR) is 117 cm³/mol. The number of nitrogens with zero attached hydrogens (tertiary/aromatic N) is 3. The van der Waals surface area contributed by atoms with Gasteiger partial charge in [-0.15, -0.1) is 0 Å². The molecule has 1 aliphatic rings. The summed E-state index contributed by atoms with van der Waals surface area (Å²) in [6.45, 7) is 2.46. The summed E-state index contributed by atoms with van der Waals surface area (Å²) in [6.07, 6.45) is 0. The van der Waals surface area contributed by atoms with E-state index in [1.165, 1.54) is 23.5 Å². The molecule has 1 fully saturated rings. The van der Waals surface area contributed by atoms with Gasteiger partial charge in [0.05, 0.1) is 22.5 Å². The minimum Gasteiger partial charge on any atom is -0.490 e. The molecule has 0 unspecified atom stereocenters. The minimum absolute atomic E-state index is 0.0153. The normalized spacial score (nSPS) is 15.1. The number of sulfonamides is 1. The second kappa shape index (κ2) is 8.24. The van der Waals surface area contributed by atoms with E-state index < -0.39 is 20.6 Å². The molecule has 32 heavy (non-hydrogen) atoms. The molecule has 2 heterocycles. The molecular formula is C21H22N4O6S. The molecule has 0 spiro atoms. The summed E-state index contributed by atoms with van der Waals surface area (Å²) >= 11 is 0. The number of aromatic amines is 1. The van der Waals surface area contributed by atoms with Crippen molar-refractivity contribution in [1.82, 2.24) is 14.2 Å². The number of methoxy groups -OCH3 is 1. The van der Waals surface area contributed by atoms with E-state index in [0.29, 0.717) is 5.56 Å². The van der Waals surface area contributed by atoms with Crippen molar-refractivity contribution in [3.05, 3.63) is 63.8 Å². The fraction of sp³-hybridized carbons (Fsp3) is 0.286. The van der Waals surface area contributed by atoms with E-state index in [2.05, 4.69) is 4.98 Å². The van der Waals surface area contributed by atoms with Gasteiger partial charge >= 0.3 is 5.69 Å². The Morgan fingerprint density at radius 2 is 1.81 bits per heavy atom. The van der Waals surface area contributed by atoms with Crippen molar-refractivity contribution < 1.29 is 22.9 Å². The first-order chi connectivity index (χ1) is 15.2. The lowest BCUT2D eigenvalue weighted by molar-refractivity contribution is -0.386. The van der Waals surface area contributed by atoms with Crippen LogP contribution in [0, 0.1) is 17.0 Å². The van der Waals surface area contributed by atoms with Gasteiger partial charge in [0.15, 0.2) is 5.75 Å². The Morgan fingerprint density at radius 1 is 1.12 bits per heavy atom. The molecule has 168 valence electrons. The number of amides is 1. The highest BCUT2D eigenvalue weighted by Crippen LogP contribution is 2.31. The molecule has 2 aromatic carbocycles. The van der Waals surface area contributed by atoms with Gasteiger partial charge < -0.3 is 14.6 Å². The van der Waals surface area contributed by atoms with Crippen LogP contribution in [0.25, 0.3) is 10.9 Å². The monoisotopic (exact) mass is 458 g/mol. The highest BCUT2D eigenvalue weighted by Gasteiger charge is 2.33. The number of rotatable bonds is 5. The van der Waals surface area contributed by atoms with Crippen molar-refractivity contribution in [1.29, 1.82) is 0 Å². The fourth-order valence-electron chi connectivity index (χ4n) is 3.96. The first kappa shape index (κ1) is 21.8. The third-order valence-corrected chi connectivity index (χ3v) is 7.51. The van der Waals surface area contributed by atoms with Crippen molar-refractivity contribution in [2.24, 2.45) is 0 Å². The van der Waals surface area contributed by atoms with Crippen molar-refractivity contribution in [2.75, 3.05) is 33.3 Å². The van der Waals surface area contributed by atoms with Gasteiger partial charge in [-0.3, -0.25) is 14.9 Å². The zero-order valence-corrected chi connectivity index (χ0v) is 18.4. The minimum atomic E-state index is -3.96. The zero-order valence-electron chi connectivity index (χ0n) is 17.6. The van der Waals surface area contributed by atoms with Crippen LogP contribution in [0.2, 0.25) is 0 Å². The maximum Gasteiger partial charge on any atom is 0.312 e. The summed E-state index contributed by atoms with van der Waals surface area (Å²) < 4.78 is 32.3. The summed E-state index contributed by atoms with van der Waals surface area (Å²) in [6, 6.07) is 11.1. The van der Waals surface area contributed by atoms with Gasteiger partial charge in [-0.1, -0.05) is 18.2 Å². The van der Waals surface area contributed by atoms with E-state index in [4.69, 9.17) is 4.74 Å². The van der Waals surface area contributed by atoms with Gasteiger partial charge in [-0.25, -0.2) is 8.42 Å². The number of piperazine rings is 1. The van der Waals surface area contributed by atoms with Crippen LogP contribution in [0.3, 0.4) is 0 Å². The van der Waals surface area contributed by atoms with E-state index in [-0.39, 0.29) is 42.7 Å². The standard InChI is InChI=1S/C21H22N4O6S/c1-14-20(16-5-3-4-6-17(16)22-14)21(26)23-9-11-24(12-10-23)32(29,30)15-7-8-19(31-2)18(13-15)25(27)28/h3-8,13,22H,9-12H2,1-2H3. The molecule has 0 atom stereocenters. The van der Waals surface area contributed by atoms with Gasteiger partial charge in [-0.05, 0) is 25.1 Å². The van der Waals surface area contributed by atoms with Gasteiger partial charge in [-0.2, -0.15) is 4.31 Å². The van der Waals surface area contributed by atoms with Gasteiger partial charge in [0.1, 0.15) is 0 Å². The van der Waals surface area contributed by atoms with E-state index >= 15 is 0 Å². The largest absolute Gasteiger partial charge is 0.490 e. The van der Waals surface area contributed by atoms with Gasteiger partial charge in [0.25, 0.3) is 5.91 Å². The average molecular weight is 458 g/mol. The van der Waals surface area contributed by atoms with Crippen molar-refractivity contribution in [2.45, 2.75) is 11.8 Å². The fourth-order valence-corrected chi connectivity index (χ4v) is 5.41. The molecule has 0 radical (unpaired) electrons. The highest BCUT2D eigenvalue weighted by molar-refractivity contribution is 7.89. The molecule has 1 saturated heterocycles. The number of nitrogens with one attached hydrogen (secondary N) is 1. The van der Waals surface area contributed by atoms with Crippen LogP contribution in [0.5, 0.6) is 5.75 Å². The van der Waals surface area contributed by atoms with Gasteiger partial charge in [0, 0.05) is 48.8 Å². The lowest BCUT2D eigenvalue weighted by atomic mass is 10.1. The van der Waals surface area contributed by atoms with Crippen LogP contribution in [-0.4, -0.2) is 66.7 Å². The predicted octanol–water partition coefficient (Wildman–Crippen LogP) is 2.54. The number of nitro benzene ring substituents is 1. The maximum atomic E-state index is 13.2. The number of hydrogen-bond donors (Lipinski definition) is 1. The summed E-state index contributed by atoms with van der Waals surface area (Å²) in [5.41, 5.74) is 1.80. The quantitative estimate of drug-likeness (QED) is 0.463. The van der Waals surface area contributed by atoms with Crippen molar-refractivity contribution >= 4 is 32.5 Å².